The Morgan fingerprint density at radius 1 is 0.462 bits per heavy atom. The molecule has 3 aromatic heterocycles. The van der Waals surface area contributed by atoms with Crippen molar-refractivity contribution in [2.75, 3.05) is 0 Å². The van der Waals surface area contributed by atoms with Crippen LogP contribution in [0.4, 0.5) is 0 Å². The van der Waals surface area contributed by atoms with E-state index in [0.29, 0.717) is 27.5 Å². The molecule has 0 amide bonds. The Bertz CT molecular complexity index is 3590. The van der Waals surface area contributed by atoms with Gasteiger partial charge in [0.1, 0.15) is 0 Å². The molecule has 0 saturated carbocycles. The zero-order valence-electron chi connectivity index (χ0n) is 35.2. The first-order valence-electron chi connectivity index (χ1n) is 20.8. The summed E-state index contributed by atoms with van der Waals surface area (Å²) in [6, 6.07) is 36.5. The van der Waals surface area contributed by atoms with E-state index in [-0.39, 0.29) is 79.6 Å². The van der Waals surface area contributed by atoms with Gasteiger partial charge in [0, 0.05) is 58.4 Å². The lowest BCUT2D eigenvalue weighted by Gasteiger charge is -2.15. The van der Waals surface area contributed by atoms with Gasteiger partial charge in [-0.15, -0.1) is 11.3 Å². The van der Waals surface area contributed by atoms with Gasteiger partial charge in [0.2, 0.25) is 0 Å². The molecule has 8 aromatic carbocycles. The van der Waals surface area contributed by atoms with Crippen molar-refractivity contribution in [2.45, 2.75) is 0 Å². The fraction of sp³-hybridized carbons (Fsp3) is 0. The second kappa shape index (κ2) is 11.4. The first kappa shape index (κ1) is 22.2. The minimum Gasteiger partial charge on any atom is -0.309 e. The lowest BCUT2D eigenvalue weighted by Crippen LogP contribution is -2.00. The van der Waals surface area contributed by atoms with Gasteiger partial charge in [-0.25, -0.2) is 15.0 Å². The van der Waals surface area contributed by atoms with Crippen molar-refractivity contribution in [3.05, 3.63) is 170 Å². The Morgan fingerprint density at radius 2 is 1.10 bits per heavy atom. The average Bonchev–Trinajstić information content (AvgIpc) is 3.83. The van der Waals surface area contributed by atoms with E-state index in [0.717, 1.165) is 43.9 Å². The smallest absolute Gasteiger partial charge is 0.164 e. The molecule has 11 rings (SSSR count). The molecule has 4 nitrogen and oxygen atoms in total. The number of hydrogen-bond donors (Lipinski definition) is 0. The molecule has 242 valence electrons. The first-order valence-corrected chi connectivity index (χ1v) is 17.6. The zero-order valence-corrected chi connectivity index (χ0v) is 28.1. The highest BCUT2D eigenvalue weighted by Gasteiger charge is 2.20. The fourth-order valence-corrected chi connectivity index (χ4v) is 8.22. The van der Waals surface area contributed by atoms with Crippen LogP contribution >= 0.6 is 11.3 Å². The molecular formula is C47H28N4S. The van der Waals surface area contributed by atoms with Crippen molar-refractivity contribution in [1.82, 2.24) is 19.5 Å². The highest BCUT2D eigenvalue weighted by atomic mass is 32.1. The normalized spacial score (nSPS) is 14.0. The molecule has 11 aromatic rings. The first-order chi connectivity index (χ1) is 29.1. The average molecular weight is 689 g/mol. The molecule has 0 N–H and O–H groups in total. The Morgan fingerprint density at radius 3 is 1.85 bits per heavy atom. The largest absolute Gasteiger partial charge is 0.309 e. The SMILES string of the molecule is [2H]c1c([2H])c([2H])c2c(sc3c4c([2H])c([2H])c(-c5nc(-c6ccccc6)nc(-c6ccccc6)n5)c([2H])c4c(-n4c5ccccc5c5cc6ccccc6cc54)c([2H])c32)c1[2H]. The molecule has 0 aliphatic heterocycles. The van der Waals surface area contributed by atoms with Crippen molar-refractivity contribution in [1.29, 1.82) is 0 Å². The second-order valence-corrected chi connectivity index (χ2v) is 13.6. The molecule has 0 saturated heterocycles. The maximum Gasteiger partial charge on any atom is 0.164 e. The Hall–Kier alpha value is -6.69. The van der Waals surface area contributed by atoms with Crippen molar-refractivity contribution in [3.8, 4) is 39.9 Å². The molecular weight excluding hydrogens is 653 g/mol. The van der Waals surface area contributed by atoms with Crippen LogP contribution in [0, 0.1) is 0 Å². The summed E-state index contributed by atoms with van der Waals surface area (Å²) in [5.74, 6) is 0.669. The zero-order chi connectivity index (χ0) is 41.1. The minimum absolute atomic E-state index is 0.0131. The van der Waals surface area contributed by atoms with Crippen LogP contribution in [-0.4, -0.2) is 19.5 Å². The predicted octanol–water partition coefficient (Wildman–Crippen LogP) is 12.6. The summed E-state index contributed by atoms with van der Waals surface area (Å²) in [6.07, 6.45) is 0. The third kappa shape index (κ3) is 4.50. The second-order valence-electron chi connectivity index (χ2n) is 12.6. The summed E-state index contributed by atoms with van der Waals surface area (Å²) in [7, 11) is 0. The summed E-state index contributed by atoms with van der Waals surface area (Å²) in [5, 5.41) is 4.57. The van der Waals surface area contributed by atoms with Gasteiger partial charge in [0.25, 0.3) is 0 Å². The van der Waals surface area contributed by atoms with E-state index >= 15 is 0 Å². The quantitative estimate of drug-likeness (QED) is 0.185. The number of aromatic nitrogens is 4. The number of thiophene rings is 1. The maximum atomic E-state index is 10.2. The van der Waals surface area contributed by atoms with E-state index in [9.17, 15) is 5.48 Å². The van der Waals surface area contributed by atoms with E-state index in [4.69, 9.17) is 20.4 Å². The van der Waals surface area contributed by atoms with Gasteiger partial charge in [0.05, 0.1) is 27.7 Å². The van der Waals surface area contributed by atoms with E-state index < -0.39 is 12.1 Å². The highest BCUT2D eigenvalue weighted by molar-refractivity contribution is 7.26. The van der Waals surface area contributed by atoms with E-state index in [1.165, 1.54) is 0 Å². The number of hydrogen-bond acceptors (Lipinski definition) is 4. The summed E-state index contributed by atoms with van der Waals surface area (Å²) in [5.41, 5.74) is 3.10. The number of fused-ring (bicyclic) bond motifs is 9. The van der Waals surface area contributed by atoms with Crippen LogP contribution in [0.3, 0.4) is 0 Å². The predicted molar refractivity (Wildman–Crippen MR) is 218 cm³/mol. The lowest BCUT2D eigenvalue weighted by molar-refractivity contribution is 1.07. The molecule has 0 aliphatic rings. The number of benzene rings is 8. The van der Waals surface area contributed by atoms with Crippen LogP contribution in [0.15, 0.2) is 170 Å². The third-order valence-electron chi connectivity index (χ3n) is 9.54. The molecule has 0 fully saturated rings. The topological polar surface area (TPSA) is 43.6 Å². The standard InChI is InChI=1S/C47H28N4S/c1-3-13-29(14-4-1)45-48-46(30-15-5-2-6-16-30)50-47(49-45)33-23-24-36-38(26-33)42(28-39-35-20-10-12-22-43(35)52-44(36)39)51-40-21-11-9-19-34(40)37-25-31-17-7-8-18-32(31)27-41(37)51/h1-28H/i10D,12D,20D,22D,23D,24D,26D,28D. The molecule has 0 spiro atoms. The number of rotatable bonds is 4. The van der Waals surface area contributed by atoms with Crippen LogP contribution < -0.4 is 0 Å². The summed E-state index contributed by atoms with van der Waals surface area (Å²) in [4.78, 5) is 14.6. The Balaban J connectivity index is 1.36. The molecule has 0 bridgehead atoms. The van der Waals surface area contributed by atoms with Crippen molar-refractivity contribution < 1.29 is 11.0 Å². The fourth-order valence-electron chi connectivity index (χ4n) is 7.15. The third-order valence-corrected chi connectivity index (χ3v) is 10.7. The van der Waals surface area contributed by atoms with E-state index in [2.05, 4.69) is 6.07 Å². The summed E-state index contributed by atoms with van der Waals surface area (Å²) < 4.78 is 77.4. The minimum atomic E-state index is -0.432. The van der Waals surface area contributed by atoms with Gasteiger partial charge < -0.3 is 4.57 Å². The van der Waals surface area contributed by atoms with Gasteiger partial charge in [-0.3, -0.25) is 0 Å². The maximum absolute atomic E-state index is 10.2. The van der Waals surface area contributed by atoms with Gasteiger partial charge in [-0.2, -0.15) is 0 Å². The van der Waals surface area contributed by atoms with Crippen LogP contribution in [0.25, 0.3) is 103 Å². The Labute approximate surface area is 314 Å². The van der Waals surface area contributed by atoms with Gasteiger partial charge in [-0.1, -0.05) is 133 Å². The molecule has 0 aliphatic carbocycles. The molecule has 3 heterocycles. The molecule has 0 atom stereocenters. The van der Waals surface area contributed by atoms with Crippen LogP contribution in [0.5, 0.6) is 0 Å². The van der Waals surface area contributed by atoms with E-state index in [1.54, 1.807) is 0 Å². The monoisotopic (exact) mass is 688 g/mol. The van der Waals surface area contributed by atoms with Gasteiger partial charge in [-0.05, 0) is 47.1 Å². The van der Waals surface area contributed by atoms with Crippen molar-refractivity contribution in [2.24, 2.45) is 0 Å². The van der Waals surface area contributed by atoms with Gasteiger partial charge in [0.15, 0.2) is 17.5 Å². The number of para-hydroxylation sites is 1. The van der Waals surface area contributed by atoms with Crippen LogP contribution in [0.2, 0.25) is 0 Å². The van der Waals surface area contributed by atoms with Gasteiger partial charge >= 0.3 is 0 Å². The summed E-state index contributed by atoms with van der Waals surface area (Å²) >= 11 is 1.05. The Kier molecular flexibility index (Phi) is 4.87. The molecule has 5 heteroatoms. The molecule has 0 unspecified atom stereocenters. The van der Waals surface area contributed by atoms with Crippen molar-refractivity contribution in [3.63, 3.8) is 0 Å². The van der Waals surface area contributed by atoms with Crippen LogP contribution in [-0.2, 0) is 0 Å². The summed E-state index contributed by atoms with van der Waals surface area (Å²) in [6.45, 7) is 0. The molecule has 52 heavy (non-hydrogen) atoms. The highest BCUT2D eigenvalue weighted by Crippen LogP contribution is 2.44. The molecule has 0 radical (unpaired) electrons. The van der Waals surface area contributed by atoms with E-state index in [1.807, 2.05) is 120 Å². The number of nitrogens with zero attached hydrogens (tertiary/aromatic N) is 4. The van der Waals surface area contributed by atoms with Crippen LogP contribution in [0.1, 0.15) is 11.0 Å². The van der Waals surface area contributed by atoms with Crippen molar-refractivity contribution >= 4 is 74.9 Å². The lowest BCUT2D eigenvalue weighted by atomic mass is 10.0.